The van der Waals surface area contributed by atoms with E-state index in [-0.39, 0.29) is 5.78 Å². The molecule has 2 aromatic heterocycles. The molecule has 1 aromatic carbocycles. The SMILES string of the molecule is Cc1cc(C(=O)CN2CCN(S(=O)(=O)c3cccs3)CC2)c(C)n1-c1ccccc1. The van der Waals surface area contributed by atoms with E-state index >= 15 is 0 Å². The minimum absolute atomic E-state index is 0.0693. The first-order valence-electron chi connectivity index (χ1n) is 9.91. The number of carbonyl (C=O) groups excluding carboxylic acids is 1. The van der Waals surface area contributed by atoms with Crippen molar-refractivity contribution < 1.29 is 13.2 Å². The molecule has 1 aliphatic rings. The van der Waals surface area contributed by atoms with Crippen LogP contribution < -0.4 is 0 Å². The van der Waals surface area contributed by atoms with Gasteiger partial charge in [-0.1, -0.05) is 24.3 Å². The molecule has 0 radical (unpaired) electrons. The Balaban J connectivity index is 1.43. The second kappa shape index (κ2) is 8.47. The Bertz CT molecular complexity index is 1130. The molecule has 8 heteroatoms. The standard InChI is InChI=1S/C22H25N3O3S2/c1-17-15-20(18(2)25(17)19-7-4-3-5-8-19)21(26)16-23-10-12-24(13-11-23)30(27,28)22-9-6-14-29-22/h3-9,14-15H,10-13,16H2,1-2H3. The van der Waals surface area contributed by atoms with Crippen molar-refractivity contribution in [3.05, 3.63) is 70.9 Å². The fourth-order valence-electron chi connectivity index (χ4n) is 3.97. The molecule has 1 saturated heterocycles. The average Bonchev–Trinajstić information content (AvgIpc) is 3.38. The molecular formula is C22H25N3O3S2. The van der Waals surface area contributed by atoms with Crippen LogP contribution in [0.1, 0.15) is 21.7 Å². The third-order valence-corrected chi connectivity index (χ3v) is 8.81. The van der Waals surface area contributed by atoms with Gasteiger partial charge in [0.05, 0.1) is 6.54 Å². The lowest BCUT2D eigenvalue weighted by atomic mass is 10.1. The zero-order valence-electron chi connectivity index (χ0n) is 17.1. The summed E-state index contributed by atoms with van der Waals surface area (Å²) in [5.41, 5.74) is 3.72. The van der Waals surface area contributed by atoms with Gasteiger partial charge in [-0.25, -0.2) is 8.42 Å². The number of sulfonamides is 1. The summed E-state index contributed by atoms with van der Waals surface area (Å²) in [4.78, 5) is 15.0. The van der Waals surface area contributed by atoms with Crippen molar-refractivity contribution >= 4 is 27.1 Å². The number of carbonyl (C=O) groups is 1. The summed E-state index contributed by atoms with van der Waals surface area (Å²) in [5, 5.41) is 1.77. The monoisotopic (exact) mass is 443 g/mol. The summed E-state index contributed by atoms with van der Waals surface area (Å²) in [5.74, 6) is 0.0693. The molecule has 30 heavy (non-hydrogen) atoms. The maximum absolute atomic E-state index is 13.0. The molecule has 1 aliphatic heterocycles. The topological polar surface area (TPSA) is 62.6 Å². The fourth-order valence-corrected chi connectivity index (χ4v) is 6.54. The number of Topliss-reactive ketones (excluding diaryl/α,β-unsaturated/α-hetero) is 1. The molecule has 0 aliphatic carbocycles. The van der Waals surface area contributed by atoms with Gasteiger partial charge in [0.2, 0.25) is 0 Å². The Kier molecular flexibility index (Phi) is 5.92. The molecule has 0 atom stereocenters. The third kappa shape index (κ3) is 4.00. The largest absolute Gasteiger partial charge is 0.318 e. The average molecular weight is 444 g/mol. The first kappa shape index (κ1) is 21.0. The van der Waals surface area contributed by atoms with E-state index < -0.39 is 10.0 Å². The summed E-state index contributed by atoms with van der Waals surface area (Å²) in [6, 6.07) is 15.3. The zero-order valence-corrected chi connectivity index (χ0v) is 18.7. The van der Waals surface area contributed by atoms with Crippen molar-refractivity contribution in [1.82, 2.24) is 13.8 Å². The van der Waals surface area contributed by atoms with Gasteiger partial charge in [0.15, 0.2) is 5.78 Å². The first-order chi connectivity index (χ1) is 14.4. The van der Waals surface area contributed by atoms with Crippen molar-refractivity contribution in [3.8, 4) is 5.69 Å². The minimum Gasteiger partial charge on any atom is -0.318 e. The number of benzene rings is 1. The molecule has 158 valence electrons. The van der Waals surface area contributed by atoms with Gasteiger partial charge in [-0.15, -0.1) is 11.3 Å². The Labute approximate surface area is 181 Å². The maximum atomic E-state index is 13.0. The Morgan fingerprint density at radius 1 is 1.00 bits per heavy atom. The number of hydrogen-bond donors (Lipinski definition) is 0. The van der Waals surface area contributed by atoms with E-state index in [0.717, 1.165) is 22.6 Å². The van der Waals surface area contributed by atoms with Crippen LogP contribution in [0.25, 0.3) is 5.69 Å². The molecule has 0 amide bonds. The predicted molar refractivity (Wildman–Crippen MR) is 119 cm³/mol. The summed E-state index contributed by atoms with van der Waals surface area (Å²) in [6.07, 6.45) is 0. The van der Waals surface area contributed by atoms with Crippen molar-refractivity contribution in [2.45, 2.75) is 18.1 Å². The molecular weight excluding hydrogens is 418 g/mol. The molecule has 6 nitrogen and oxygen atoms in total. The van der Waals surface area contributed by atoms with Gasteiger partial charge in [-0.2, -0.15) is 4.31 Å². The van der Waals surface area contributed by atoms with Crippen LogP contribution in [-0.4, -0.2) is 60.7 Å². The van der Waals surface area contributed by atoms with Crippen LogP contribution in [0, 0.1) is 13.8 Å². The summed E-state index contributed by atoms with van der Waals surface area (Å²) in [7, 11) is -3.43. The Morgan fingerprint density at radius 3 is 2.33 bits per heavy atom. The van der Waals surface area contributed by atoms with Gasteiger partial charge in [0.1, 0.15) is 4.21 Å². The predicted octanol–water partition coefficient (Wildman–Crippen LogP) is 3.34. The molecule has 1 fully saturated rings. The lowest BCUT2D eigenvalue weighted by Crippen LogP contribution is -2.49. The normalized spacial score (nSPS) is 16.1. The Hall–Kier alpha value is -2.26. The molecule has 0 spiro atoms. The van der Waals surface area contributed by atoms with Crippen LogP contribution in [0.3, 0.4) is 0 Å². The van der Waals surface area contributed by atoms with E-state index in [2.05, 4.69) is 4.57 Å². The third-order valence-electron chi connectivity index (χ3n) is 5.53. The number of para-hydroxylation sites is 1. The number of hydrogen-bond acceptors (Lipinski definition) is 5. The van der Waals surface area contributed by atoms with Gasteiger partial charge in [0.25, 0.3) is 10.0 Å². The highest BCUT2D eigenvalue weighted by molar-refractivity contribution is 7.91. The van der Waals surface area contributed by atoms with Crippen LogP contribution in [0.4, 0.5) is 0 Å². The number of piperazine rings is 1. The van der Waals surface area contributed by atoms with Gasteiger partial charge >= 0.3 is 0 Å². The first-order valence-corrected chi connectivity index (χ1v) is 12.2. The highest BCUT2D eigenvalue weighted by Gasteiger charge is 2.30. The van der Waals surface area contributed by atoms with E-state index in [1.165, 1.54) is 15.6 Å². The number of rotatable bonds is 6. The number of ketones is 1. The van der Waals surface area contributed by atoms with E-state index in [4.69, 9.17) is 0 Å². The summed E-state index contributed by atoms with van der Waals surface area (Å²) < 4.78 is 29.3. The second-order valence-corrected chi connectivity index (χ2v) is 10.6. The number of aryl methyl sites for hydroxylation is 1. The van der Waals surface area contributed by atoms with Crippen molar-refractivity contribution in [2.75, 3.05) is 32.7 Å². The number of nitrogens with zero attached hydrogens (tertiary/aromatic N) is 3. The molecule has 0 N–H and O–H groups in total. The molecule has 0 unspecified atom stereocenters. The van der Waals surface area contributed by atoms with Gasteiger partial charge in [0, 0.05) is 48.8 Å². The van der Waals surface area contributed by atoms with E-state index in [1.54, 1.807) is 17.5 Å². The number of aromatic nitrogens is 1. The molecule has 3 heterocycles. The molecule has 0 bridgehead atoms. The van der Waals surface area contributed by atoms with Gasteiger partial charge in [-0.05, 0) is 43.5 Å². The number of thiophene rings is 1. The molecule has 4 rings (SSSR count). The maximum Gasteiger partial charge on any atom is 0.252 e. The van der Waals surface area contributed by atoms with Gasteiger partial charge in [-0.3, -0.25) is 9.69 Å². The zero-order chi connectivity index (χ0) is 21.3. The quantitative estimate of drug-likeness (QED) is 0.548. The van der Waals surface area contributed by atoms with E-state index in [0.29, 0.717) is 36.9 Å². The lowest BCUT2D eigenvalue weighted by Gasteiger charge is -2.33. The van der Waals surface area contributed by atoms with Crippen LogP contribution in [0.5, 0.6) is 0 Å². The smallest absolute Gasteiger partial charge is 0.252 e. The highest BCUT2D eigenvalue weighted by atomic mass is 32.2. The molecule has 3 aromatic rings. The van der Waals surface area contributed by atoms with E-state index in [1.807, 2.05) is 55.1 Å². The van der Waals surface area contributed by atoms with Crippen LogP contribution >= 0.6 is 11.3 Å². The van der Waals surface area contributed by atoms with Gasteiger partial charge < -0.3 is 4.57 Å². The van der Waals surface area contributed by atoms with Crippen molar-refractivity contribution in [1.29, 1.82) is 0 Å². The summed E-state index contributed by atoms with van der Waals surface area (Å²) in [6.45, 7) is 6.17. The van der Waals surface area contributed by atoms with Crippen LogP contribution in [0.2, 0.25) is 0 Å². The Morgan fingerprint density at radius 2 is 1.70 bits per heavy atom. The minimum atomic E-state index is -3.43. The fraction of sp³-hybridized carbons (Fsp3) is 0.318. The van der Waals surface area contributed by atoms with Crippen LogP contribution in [-0.2, 0) is 10.0 Å². The van der Waals surface area contributed by atoms with E-state index in [9.17, 15) is 13.2 Å². The van der Waals surface area contributed by atoms with Crippen molar-refractivity contribution in [3.63, 3.8) is 0 Å². The van der Waals surface area contributed by atoms with Crippen molar-refractivity contribution in [2.24, 2.45) is 0 Å². The van der Waals surface area contributed by atoms with Crippen LogP contribution in [0.15, 0.2) is 58.1 Å². The molecule has 0 saturated carbocycles. The lowest BCUT2D eigenvalue weighted by molar-refractivity contribution is 0.0901. The summed E-state index contributed by atoms with van der Waals surface area (Å²) >= 11 is 1.24. The highest BCUT2D eigenvalue weighted by Crippen LogP contribution is 2.23. The second-order valence-electron chi connectivity index (χ2n) is 7.49.